The van der Waals surface area contributed by atoms with Gasteiger partial charge in [0.15, 0.2) is 0 Å². The Morgan fingerprint density at radius 2 is 1.95 bits per heavy atom. The molecule has 118 valence electrons. The van der Waals surface area contributed by atoms with Crippen molar-refractivity contribution in [2.24, 2.45) is 0 Å². The summed E-state index contributed by atoms with van der Waals surface area (Å²) in [6.45, 7) is 2.92. The van der Waals surface area contributed by atoms with Crippen LogP contribution < -0.4 is 5.32 Å². The van der Waals surface area contributed by atoms with Crippen molar-refractivity contribution >= 4 is 5.97 Å². The first kappa shape index (κ1) is 17.4. The molecule has 1 rings (SSSR count). The van der Waals surface area contributed by atoms with E-state index in [9.17, 15) is 9.90 Å². The number of carbonyl (C=O) groups is 1. The first-order chi connectivity index (χ1) is 9.59. The average molecular weight is 288 g/mol. The smallest absolute Gasteiger partial charge is 0.323 e. The minimum atomic E-state index is -0.790. The summed E-state index contributed by atoms with van der Waals surface area (Å²) in [4.78, 5) is 13.9. The van der Waals surface area contributed by atoms with E-state index >= 15 is 0 Å². The highest BCUT2D eigenvalue weighted by Gasteiger charge is 2.43. The molecule has 0 saturated heterocycles. The lowest BCUT2D eigenvalue weighted by molar-refractivity contribution is -0.147. The first-order valence-electron chi connectivity index (χ1n) is 7.24. The number of rotatable bonds is 9. The molecule has 1 fully saturated rings. The summed E-state index contributed by atoms with van der Waals surface area (Å²) in [7, 11) is 5.11. The van der Waals surface area contributed by atoms with Crippen molar-refractivity contribution < 1.29 is 19.4 Å². The molecule has 1 saturated carbocycles. The molecule has 0 bridgehead atoms. The number of hydrogen-bond donors (Lipinski definition) is 2. The van der Waals surface area contributed by atoms with Crippen LogP contribution in [0.1, 0.15) is 25.7 Å². The van der Waals surface area contributed by atoms with Gasteiger partial charge < -0.3 is 19.9 Å². The monoisotopic (exact) mass is 288 g/mol. The number of nitrogens with one attached hydrogen (secondary N) is 1. The van der Waals surface area contributed by atoms with Crippen LogP contribution >= 0.6 is 0 Å². The second-order valence-electron chi connectivity index (χ2n) is 5.41. The van der Waals surface area contributed by atoms with Crippen LogP contribution in [0.2, 0.25) is 0 Å². The zero-order chi connectivity index (χ0) is 15.0. The van der Waals surface area contributed by atoms with Crippen molar-refractivity contribution in [1.82, 2.24) is 10.2 Å². The van der Waals surface area contributed by atoms with Crippen LogP contribution in [0.15, 0.2) is 0 Å². The van der Waals surface area contributed by atoms with Gasteiger partial charge in [0.25, 0.3) is 0 Å². The lowest BCUT2D eigenvalue weighted by Gasteiger charge is -2.42. The molecule has 0 aliphatic heterocycles. The highest BCUT2D eigenvalue weighted by atomic mass is 16.5. The summed E-state index contributed by atoms with van der Waals surface area (Å²) in [5, 5.41) is 12.5. The Hall–Kier alpha value is -0.690. The van der Waals surface area contributed by atoms with Crippen molar-refractivity contribution in [3.63, 3.8) is 0 Å². The lowest BCUT2D eigenvalue weighted by atomic mass is 9.78. The number of methoxy groups -OCH3 is 2. The number of hydrogen-bond acceptors (Lipinski definition) is 5. The van der Waals surface area contributed by atoms with Crippen LogP contribution in [0.3, 0.4) is 0 Å². The zero-order valence-electron chi connectivity index (χ0n) is 12.9. The maximum atomic E-state index is 11.6. The van der Waals surface area contributed by atoms with Crippen LogP contribution in [0.25, 0.3) is 0 Å². The van der Waals surface area contributed by atoms with Crippen LogP contribution in [-0.4, -0.2) is 75.1 Å². The Labute approximate surface area is 121 Å². The Kier molecular flexibility index (Phi) is 7.43. The molecule has 1 aliphatic rings. The first-order valence-corrected chi connectivity index (χ1v) is 7.24. The van der Waals surface area contributed by atoms with E-state index in [4.69, 9.17) is 9.47 Å². The molecule has 0 amide bonds. The van der Waals surface area contributed by atoms with E-state index in [0.717, 1.165) is 25.9 Å². The van der Waals surface area contributed by atoms with Gasteiger partial charge in [-0.05, 0) is 32.7 Å². The zero-order valence-corrected chi connectivity index (χ0v) is 12.9. The lowest BCUT2D eigenvalue weighted by Crippen LogP contribution is -2.57. The average Bonchev–Trinajstić information content (AvgIpc) is 2.47. The number of carboxylic acids is 1. The predicted octanol–water partition coefficient (Wildman–Crippen LogP) is 0.567. The maximum absolute atomic E-state index is 11.6. The molecule has 0 heterocycles. The molecular weight excluding hydrogens is 260 g/mol. The molecule has 1 aliphatic carbocycles. The van der Waals surface area contributed by atoms with Gasteiger partial charge in [-0.15, -0.1) is 0 Å². The Morgan fingerprint density at radius 3 is 2.40 bits per heavy atom. The Morgan fingerprint density at radius 1 is 1.35 bits per heavy atom. The molecule has 0 aromatic carbocycles. The summed E-state index contributed by atoms with van der Waals surface area (Å²) in [6.07, 6.45) is 3.28. The van der Waals surface area contributed by atoms with Gasteiger partial charge in [0.2, 0.25) is 0 Å². The van der Waals surface area contributed by atoms with Crippen molar-refractivity contribution in [3.8, 4) is 0 Å². The fourth-order valence-electron chi connectivity index (χ4n) is 2.98. The largest absolute Gasteiger partial charge is 0.480 e. The van der Waals surface area contributed by atoms with Crippen LogP contribution in [0.5, 0.6) is 0 Å². The summed E-state index contributed by atoms with van der Waals surface area (Å²) in [5.41, 5.74) is -0.790. The molecule has 6 heteroatoms. The van der Waals surface area contributed by atoms with Crippen molar-refractivity contribution in [2.75, 3.05) is 47.6 Å². The third-order valence-electron chi connectivity index (χ3n) is 4.29. The molecule has 20 heavy (non-hydrogen) atoms. The van der Waals surface area contributed by atoms with Crippen LogP contribution in [0, 0.1) is 0 Å². The SMILES string of the molecule is CNC1(C(=O)O)CCCC(N(CCOC)CCOC)C1. The van der Waals surface area contributed by atoms with E-state index in [2.05, 4.69) is 10.2 Å². The van der Waals surface area contributed by atoms with Crippen LogP contribution in [0.4, 0.5) is 0 Å². The Balaban J connectivity index is 2.71. The van der Waals surface area contributed by atoms with Crippen molar-refractivity contribution in [2.45, 2.75) is 37.3 Å². The number of aliphatic carboxylic acids is 1. The second-order valence-corrected chi connectivity index (χ2v) is 5.41. The van der Waals surface area contributed by atoms with Gasteiger partial charge in [-0.1, -0.05) is 0 Å². The van der Waals surface area contributed by atoms with E-state index in [1.807, 2.05) is 0 Å². The maximum Gasteiger partial charge on any atom is 0.323 e. The summed E-state index contributed by atoms with van der Waals surface area (Å²) in [5.74, 6) is -0.747. The quantitative estimate of drug-likeness (QED) is 0.646. The van der Waals surface area contributed by atoms with Gasteiger partial charge in [0.05, 0.1) is 13.2 Å². The fourth-order valence-corrected chi connectivity index (χ4v) is 2.98. The minimum absolute atomic E-state index is 0.262. The van der Waals surface area contributed by atoms with Gasteiger partial charge in [0, 0.05) is 33.4 Å². The van der Waals surface area contributed by atoms with E-state index in [-0.39, 0.29) is 6.04 Å². The molecule has 0 radical (unpaired) electrons. The van der Waals surface area contributed by atoms with Gasteiger partial charge in [-0.2, -0.15) is 0 Å². The van der Waals surface area contributed by atoms with E-state index in [0.29, 0.717) is 26.1 Å². The molecule has 2 atom stereocenters. The summed E-state index contributed by atoms with van der Waals surface area (Å²) < 4.78 is 10.3. The third-order valence-corrected chi connectivity index (χ3v) is 4.29. The number of nitrogens with zero attached hydrogens (tertiary/aromatic N) is 1. The topological polar surface area (TPSA) is 71.0 Å². The second kappa shape index (κ2) is 8.56. The predicted molar refractivity (Wildman–Crippen MR) is 77.0 cm³/mol. The Bertz CT molecular complexity index is 293. The van der Waals surface area contributed by atoms with Gasteiger partial charge in [-0.3, -0.25) is 9.69 Å². The highest BCUT2D eigenvalue weighted by molar-refractivity contribution is 5.79. The molecule has 2 N–H and O–H groups in total. The normalized spacial score (nSPS) is 26.9. The molecule has 0 aromatic heterocycles. The fraction of sp³-hybridized carbons (Fsp3) is 0.929. The van der Waals surface area contributed by atoms with Crippen LogP contribution in [-0.2, 0) is 14.3 Å². The van der Waals surface area contributed by atoms with Crippen molar-refractivity contribution in [1.29, 1.82) is 0 Å². The summed E-state index contributed by atoms with van der Waals surface area (Å²) in [6, 6.07) is 0.262. The molecule has 0 spiro atoms. The van der Waals surface area contributed by atoms with Gasteiger partial charge in [-0.25, -0.2) is 0 Å². The minimum Gasteiger partial charge on any atom is -0.480 e. The number of likely N-dealkylation sites (N-methyl/N-ethyl adjacent to an activating group) is 1. The standard InChI is InChI=1S/C14H28N2O4/c1-15-14(13(17)18)6-4-5-12(11-14)16(7-9-19-2)8-10-20-3/h12,15H,4-11H2,1-3H3,(H,17,18). The number of carboxylic acid groups (broad SMARTS) is 1. The van der Waals surface area contributed by atoms with Gasteiger partial charge in [0.1, 0.15) is 5.54 Å². The third kappa shape index (κ3) is 4.41. The van der Waals surface area contributed by atoms with Gasteiger partial charge >= 0.3 is 5.97 Å². The number of ether oxygens (including phenoxy) is 2. The molecule has 2 unspecified atom stereocenters. The molecule has 6 nitrogen and oxygen atoms in total. The highest BCUT2D eigenvalue weighted by Crippen LogP contribution is 2.31. The summed E-state index contributed by atoms with van der Waals surface area (Å²) >= 11 is 0. The van der Waals surface area contributed by atoms with E-state index in [1.165, 1.54) is 0 Å². The van der Waals surface area contributed by atoms with E-state index in [1.54, 1.807) is 21.3 Å². The molecule has 0 aromatic rings. The van der Waals surface area contributed by atoms with E-state index < -0.39 is 11.5 Å². The van der Waals surface area contributed by atoms with Crippen molar-refractivity contribution in [3.05, 3.63) is 0 Å². The molecular formula is C14H28N2O4.